The van der Waals surface area contributed by atoms with E-state index in [-0.39, 0.29) is 5.41 Å². The van der Waals surface area contributed by atoms with E-state index in [0.29, 0.717) is 5.82 Å². The van der Waals surface area contributed by atoms with Gasteiger partial charge in [0.05, 0.1) is 11.4 Å². The molecule has 52 heavy (non-hydrogen) atoms. The van der Waals surface area contributed by atoms with E-state index in [4.69, 9.17) is 9.97 Å². The summed E-state index contributed by atoms with van der Waals surface area (Å²) in [7, 11) is 0. The molecule has 0 N–H and O–H groups in total. The summed E-state index contributed by atoms with van der Waals surface area (Å²) in [5.41, 5.74) is 14.9. The summed E-state index contributed by atoms with van der Waals surface area (Å²) in [5.74, 6) is 0.715. The molecular weight excluding hydrogens is 649 g/mol. The van der Waals surface area contributed by atoms with Crippen molar-refractivity contribution in [2.45, 2.75) is 19.3 Å². The zero-order valence-electron chi connectivity index (χ0n) is 29.0. The standard InChI is InChI=1S/C49H34N2S/c1-49(2)42-19-11-9-17-38(42)41-28-34(22-24-43(41)49)44-30-45(51-48(50-44)32-15-7-4-8-16-32)37-26-35(31-13-5-3-6-14-31)25-36(27-37)33-21-23-40-39-18-10-12-20-46(39)52-47(40)29-33/h3-30H,1-2H3. The highest BCUT2D eigenvalue weighted by Gasteiger charge is 2.35. The molecule has 2 heterocycles. The summed E-state index contributed by atoms with van der Waals surface area (Å²) in [4.78, 5) is 10.5. The van der Waals surface area contributed by atoms with Crippen molar-refractivity contribution in [2.75, 3.05) is 0 Å². The number of aromatic nitrogens is 2. The lowest BCUT2D eigenvalue weighted by Crippen LogP contribution is -2.14. The summed E-state index contributed by atoms with van der Waals surface area (Å²) < 4.78 is 2.61. The van der Waals surface area contributed by atoms with Gasteiger partial charge in [0.2, 0.25) is 0 Å². The predicted octanol–water partition coefficient (Wildman–Crippen LogP) is 13.5. The summed E-state index contributed by atoms with van der Waals surface area (Å²) in [6.45, 7) is 4.65. The van der Waals surface area contributed by atoms with Crippen molar-refractivity contribution in [3.05, 3.63) is 181 Å². The second kappa shape index (κ2) is 12.0. The van der Waals surface area contributed by atoms with Gasteiger partial charge in [0, 0.05) is 42.3 Å². The van der Waals surface area contributed by atoms with E-state index in [2.05, 4.69) is 178 Å². The van der Waals surface area contributed by atoms with Crippen LogP contribution in [0.1, 0.15) is 25.0 Å². The van der Waals surface area contributed by atoms with Gasteiger partial charge in [-0.15, -0.1) is 11.3 Å². The van der Waals surface area contributed by atoms with E-state index in [9.17, 15) is 0 Å². The van der Waals surface area contributed by atoms with Gasteiger partial charge in [-0.25, -0.2) is 9.97 Å². The molecule has 246 valence electrons. The molecule has 0 atom stereocenters. The van der Waals surface area contributed by atoms with Gasteiger partial charge < -0.3 is 0 Å². The number of rotatable bonds is 5. The molecule has 2 nitrogen and oxygen atoms in total. The van der Waals surface area contributed by atoms with Gasteiger partial charge in [-0.3, -0.25) is 0 Å². The molecule has 1 aliphatic carbocycles. The molecule has 0 saturated carbocycles. The van der Waals surface area contributed by atoms with Crippen LogP contribution in [0.2, 0.25) is 0 Å². The first-order valence-electron chi connectivity index (χ1n) is 17.8. The fourth-order valence-corrected chi connectivity index (χ4v) is 9.13. The predicted molar refractivity (Wildman–Crippen MR) is 220 cm³/mol. The topological polar surface area (TPSA) is 25.8 Å². The van der Waals surface area contributed by atoms with Crippen molar-refractivity contribution in [3.63, 3.8) is 0 Å². The SMILES string of the molecule is CC1(C)c2ccccc2-c2cc(-c3cc(-c4cc(-c5ccccc5)cc(-c5ccc6c(c5)sc5ccccc56)c4)nc(-c4ccccc4)n3)ccc21. The van der Waals surface area contributed by atoms with Crippen LogP contribution in [-0.4, -0.2) is 9.97 Å². The van der Waals surface area contributed by atoms with E-state index in [1.165, 1.54) is 53.6 Å². The third-order valence-corrected chi connectivity index (χ3v) is 11.8. The number of hydrogen-bond donors (Lipinski definition) is 0. The Kier molecular flexibility index (Phi) is 7.06. The Morgan fingerprint density at radius 1 is 0.385 bits per heavy atom. The third-order valence-electron chi connectivity index (χ3n) is 10.7. The molecule has 0 unspecified atom stereocenters. The second-order valence-electron chi connectivity index (χ2n) is 14.2. The summed E-state index contributed by atoms with van der Waals surface area (Å²) in [6.07, 6.45) is 0. The molecule has 1 aliphatic rings. The zero-order chi connectivity index (χ0) is 34.8. The molecule has 9 aromatic rings. The number of fused-ring (bicyclic) bond motifs is 6. The van der Waals surface area contributed by atoms with Gasteiger partial charge in [-0.2, -0.15) is 0 Å². The van der Waals surface area contributed by atoms with Crippen molar-refractivity contribution in [1.82, 2.24) is 9.97 Å². The second-order valence-corrected chi connectivity index (χ2v) is 15.3. The fraction of sp³-hybridized carbons (Fsp3) is 0.0612. The third kappa shape index (κ3) is 5.08. The summed E-state index contributed by atoms with van der Waals surface area (Å²) in [6, 6.07) is 61.3. The highest BCUT2D eigenvalue weighted by atomic mass is 32.1. The Bertz CT molecular complexity index is 2810. The van der Waals surface area contributed by atoms with Gasteiger partial charge in [-0.1, -0.05) is 141 Å². The van der Waals surface area contributed by atoms with Crippen LogP contribution in [0.3, 0.4) is 0 Å². The average Bonchev–Trinajstić information content (AvgIpc) is 3.69. The minimum absolute atomic E-state index is 0.0520. The molecule has 3 heteroatoms. The smallest absolute Gasteiger partial charge is 0.160 e. The highest BCUT2D eigenvalue weighted by molar-refractivity contribution is 7.25. The van der Waals surface area contributed by atoms with E-state index in [1.807, 2.05) is 17.4 Å². The molecule has 0 bridgehead atoms. The Labute approximate surface area is 307 Å². The summed E-state index contributed by atoms with van der Waals surface area (Å²) >= 11 is 1.85. The Morgan fingerprint density at radius 3 is 1.79 bits per heavy atom. The largest absolute Gasteiger partial charge is 0.228 e. The van der Waals surface area contributed by atoms with Crippen molar-refractivity contribution >= 4 is 31.5 Å². The molecule has 0 saturated heterocycles. The zero-order valence-corrected chi connectivity index (χ0v) is 29.8. The number of benzene rings is 7. The van der Waals surface area contributed by atoms with Crippen molar-refractivity contribution in [3.8, 4) is 67.3 Å². The van der Waals surface area contributed by atoms with Crippen LogP contribution in [0.5, 0.6) is 0 Å². The molecule has 7 aromatic carbocycles. The molecule has 10 rings (SSSR count). The quantitative estimate of drug-likeness (QED) is 0.181. The number of thiophene rings is 1. The van der Waals surface area contributed by atoms with E-state index in [0.717, 1.165) is 39.2 Å². The van der Waals surface area contributed by atoms with Crippen molar-refractivity contribution in [2.24, 2.45) is 0 Å². The molecule has 2 aromatic heterocycles. The lowest BCUT2D eigenvalue weighted by atomic mass is 9.82. The number of nitrogens with zero attached hydrogens (tertiary/aromatic N) is 2. The van der Waals surface area contributed by atoms with Crippen molar-refractivity contribution in [1.29, 1.82) is 0 Å². The molecule has 0 aliphatic heterocycles. The van der Waals surface area contributed by atoms with E-state index < -0.39 is 0 Å². The van der Waals surface area contributed by atoms with Gasteiger partial charge in [0.1, 0.15) is 0 Å². The van der Waals surface area contributed by atoms with Crippen LogP contribution in [0.15, 0.2) is 170 Å². The maximum atomic E-state index is 5.27. The lowest BCUT2D eigenvalue weighted by molar-refractivity contribution is 0.660. The minimum Gasteiger partial charge on any atom is -0.228 e. The summed E-state index contributed by atoms with van der Waals surface area (Å²) in [5, 5.41) is 2.62. The fourth-order valence-electron chi connectivity index (χ4n) is 7.98. The molecule has 0 radical (unpaired) electrons. The Hall–Kier alpha value is -6.16. The average molecular weight is 683 g/mol. The monoisotopic (exact) mass is 682 g/mol. The van der Waals surface area contributed by atoms with Gasteiger partial charge >= 0.3 is 0 Å². The maximum Gasteiger partial charge on any atom is 0.160 e. The van der Waals surface area contributed by atoms with Crippen molar-refractivity contribution < 1.29 is 0 Å². The Balaban J connectivity index is 1.17. The van der Waals surface area contributed by atoms with Gasteiger partial charge in [-0.05, 0) is 87.0 Å². The van der Waals surface area contributed by atoms with Crippen LogP contribution in [0, 0.1) is 0 Å². The van der Waals surface area contributed by atoms with Crippen LogP contribution in [-0.2, 0) is 5.41 Å². The first kappa shape index (κ1) is 30.6. The van der Waals surface area contributed by atoms with Gasteiger partial charge in [0.15, 0.2) is 5.82 Å². The van der Waals surface area contributed by atoms with E-state index >= 15 is 0 Å². The first-order chi connectivity index (χ1) is 25.5. The first-order valence-corrected chi connectivity index (χ1v) is 18.6. The van der Waals surface area contributed by atoms with Crippen LogP contribution < -0.4 is 0 Å². The molecule has 0 spiro atoms. The maximum absolute atomic E-state index is 5.27. The van der Waals surface area contributed by atoms with Gasteiger partial charge in [0.25, 0.3) is 0 Å². The lowest BCUT2D eigenvalue weighted by Gasteiger charge is -2.21. The van der Waals surface area contributed by atoms with Crippen LogP contribution in [0.4, 0.5) is 0 Å². The van der Waals surface area contributed by atoms with Crippen LogP contribution >= 0.6 is 11.3 Å². The molecule has 0 amide bonds. The minimum atomic E-state index is -0.0520. The van der Waals surface area contributed by atoms with Crippen LogP contribution in [0.25, 0.3) is 87.5 Å². The molecular formula is C49H34N2S. The van der Waals surface area contributed by atoms with E-state index in [1.54, 1.807) is 0 Å². The normalized spacial score (nSPS) is 13.0. The highest BCUT2D eigenvalue weighted by Crippen LogP contribution is 2.49. The number of hydrogen-bond acceptors (Lipinski definition) is 3. The Morgan fingerprint density at radius 2 is 0.981 bits per heavy atom. The molecule has 0 fully saturated rings.